The zero-order valence-corrected chi connectivity index (χ0v) is 43.5. The van der Waals surface area contributed by atoms with Crippen LogP contribution < -0.4 is 0 Å². The topological polar surface area (TPSA) is 377 Å². The van der Waals surface area contributed by atoms with Gasteiger partial charge in [-0.3, -0.25) is 9.35 Å². The number of hydrogen-bond acceptors (Lipinski definition) is 23. The van der Waals surface area contributed by atoms with E-state index < -0.39 is 175 Å². The lowest BCUT2D eigenvalue weighted by molar-refractivity contribution is -0.389. The second-order valence-electron chi connectivity index (χ2n) is 23.4. The number of Topliss-reactive ketones (excluding diaryl/α,β-unsaturated/α-hetero) is 1. The summed E-state index contributed by atoms with van der Waals surface area (Å²) < 4.78 is 87.1. The van der Waals surface area contributed by atoms with E-state index in [1.54, 1.807) is 6.92 Å². The lowest BCUT2D eigenvalue weighted by Crippen LogP contribution is -2.66. The molecule has 0 spiro atoms. The molecule has 74 heavy (non-hydrogen) atoms. The van der Waals surface area contributed by atoms with Crippen LogP contribution in [0.5, 0.6) is 0 Å². The highest BCUT2D eigenvalue weighted by Gasteiger charge is 2.63. The highest BCUT2D eigenvalue weighted by atomic mass is 32.3. The minimum absolute atomic E-state index is 0.00150. The van der Waals surface area contributed by atoms with E-state index in [-0.39, 0.29) is 48.7 Å². The van der Waals surface area contributed by atoms with Crippen LogP contribution in [-0.2, 0) is 57.3 Å². The fraction of sp³-hybridized carbons (Fsp3) is 0.939. The number of ether oxygens (including phenoxy) is 8. The molecule has 4 aliphatic heterocycles. The van der Waals surface area contributed by atoms with Gasteiger partial charge in [-0.15, -0.1) is 0 Å². The Morgan fingerprint density at radius 2 is 1.41 bits per heavy atom. The maximum Gasteiger partial charge on any atom is 0.397 e. The summed E-state index contributed by atoms with van der Waals surface area (Å²) in [6, 6.07) is 0. The van der Waals surface area contributed by atoms with Gasteiger partial charge in [0.15, 0.2) is 25.2 Å². The second kappa shape index (κ2) is 22.6. The third-order valence-corrected chi connectivity index (χ3v) is 18.4. The summed E-state index contributed by atoms with van der Waals surface area (Å²) in [4.78, 5) is 13.1. The van der Waals surface area contributed by atoms with Crippen molar-refractivity contribution < 1.29 is 116 Å². The molecular formula is C49H80O24S. The standard InChI is InChI=1S/C49H80O24S/c1-20(2)13-22(51)16-49(6,61)32-8-7-25-24-15-29(27-14-23(73-74(62,63)64)9-11-47(27,4)26(24)10-12-48(25,32)5)68-45-40(60)41(35(55)30(17-50)69-45)71-46-42(72-44-39(59)37(57)33(53)21(3)67-44)36(56)31(19-66-46)70-43-38(58)34(54)28(52)18-65-43/h10,20-21,23-25,27-46,50,52-61H,7-9,11-19H2,1-6H3,(H,62,63,64). The van der Waals surface area contributed by atoms with E-state index in [0.717, 1.165) is 12.0 Å². The van der Waals surface area contributed by atoms with Crippen molar-refractivity contribution in [2.45, 2.75) is 228 Å². The normalized spacial score (nSPS) is 49.8. The summed E-state index contributed by atoms with van der Waals surface area (Å²) in [5, 5.41) is 121. The van der Waals surface area contributed by atoms with Crippen LogP contribution in [0.15, 0.2) is 11.6 Å². The van der Waals surface area contributed by atoms with E-state index in [2.05, 4.69) is 19.9 Å². The predicted octanol–water partition coefficient (Wildman–Crippen LogP) is -1.92. The van der Waals surface area contributed by atoms with Gasteiger partial charge in [-0.1, -0.05) is 39.3 Å². The minimum atomic E-state index is -4.87. The molecule has 3 saturated carbocycles. The van der Waals surface area contributed by atoms with E-state index in [0.29, 0.717) is 32.1 Å². The number of aliphatic hydroxyl groups excluding tert-OH is 10. The molecule has 0 bridgehead atoms. The molecule has 4 aliphatic carbocycles. The highest BCUT2D eigenvalue weighted by Crippen LogP contribution is 2.67. The number of carbonyl (C=O) groups excluding carboxylic acids is 1. The number of carbonyl (C=O) groups is 1. The Hall–Kier alpha value is -1.48. The molecule has 4 saturated heterocycles. The molecule has 0 aromatic heterocycles. The molecule has 0 radical (unpaired) electrons. The van der Waals surface area contributed by atoms with Gasteiger partial charge in [0, 0.05) is 12.8 Å². The van der Waals surface area contributed by atoms with Crippen molar-refractivity contribution in [3.63, 3.8) is 0 Å². The maximum atomic E-state index is 13.1. The number of hydrogen-bond donors (Lipinski definition) is 12. The predicted molar refractivity (Wildman–Crippen MR) is 250 cm³/mol. The average molecular weight is 1090 g/mol. The number of rotatable bonds is 16. The van der Waals surface area contributed by atoms with Gasteiger partial charge in [0.05, 0.1) is 43.7 Å². The fourth-order valence-electron chi connectivity index (χ4n) is 14.1. The average Bonchev–Trinajstić information content (AvgIpc) is 3.69. The molecule has 0 aromatic carbocycles. The van der Waals surface area contributed by atoms with Gasteiger partial charge in [0.25, 0.3) is 0 Å². The quantitative estimate of drug-likeness (QED) is 0.0592. The van der Waals surface area contributed by atoms with Gasteiger partial charge >= 0.3 is 10.4 Å². The largest absolute Gasteiger partial charge is 0.397 e. The Morgan fingerprint density at radius 3 is 2.08 bits per heavy atom. The van der Waals surface area contributed by atoms with Crippen molar-refractivity contribution in [2.75, 3.05) is 19.8 Å². The van der Waals surface area contributed by atoms with Gasteiger partial charge in [-0.2, -0.15) is 8.42 Å². The Morgan fingerprint density at radius 1 is 0.757 bits per heavy atom. The molecule has 4 heterocycles. The van der Waals surface area contributed by atoms with Crippen molar-refractivity contribution in [3.05, 3.63) is 11.6 Å². The van der Waals surface area contributed by atoms with E-state index in [4.69, 9.17) is 42.1 Å². The molecule has 8 aliphatic rings. The molecule has 426 valence electrons. The van der Waals surface area contributed by atoms with Crippen LogP contribution in [0, 0.1) is 40.4 Å². The van der Waals surface area contributed by atoms with Crippen molar-refractivity contribution in [1.29, 1.82) is 0 Å². The Labute approximate surface area is 430 Å². The molecule has 25 heteroatoms. The Balaban J connectivity index is 1.07. The summed E-state index contributed by atoms with van der Waals surface area (Å²) in [5.74, 6) is -0.783. The SMILES string of the molecule is CC(C)CC(=O)CC(C)(O)C1CCC2C3CC(OC4OC(CO)C(O)C(OC5OCC(OC6OCC(O)C(O)C6O)C(O)C5OC5OC(C)C(O)C(O)C5O)C4O)C4CC(OS(=O)(=O)O)CCC4(C)C3=CCC21C. The smallest absolute Gasteiger partial charge is 0.394 e. The van der Waals surface area contributed by atoms with Crippen LogP contribution in [0.2, 0.25) is 0 Å². The molecular weight excluding hydrogens is 1000 g/mol. The molecule has 27 unspecified atom stereocenters. The Bertz CT molecular complexity index is 2080. The van der Waals surface area contributed by atoms with Crippen molar-refractivity contribution in [3.8, 4) is 0 Å². The van der Waals surface area contributed by atoms with Crippen molar-refractivity contribution in [1.82, 2.24) is 0 Å². The van der Waals surface area contributed by atoms with Crippen LogP contribution in [0.3, 0.4) is 0 Å². The van der Waals surface area contributed by atoms with Crippen molar-refractivity contribution >= 4 is 16.2 Å². The first-order chi connectivity index (χ1) is 34.6. The van der Waals surface area contributed by atoms with Crippen LogP contribution in [0.25, 0.3) is 0 Å². The molecule has 8 rings (SSSR count). The van der Waals surface area contributed by atoms with Gasteiger partial charge in [-0.05, 0) is 99.2 Å². The first kappa shape index (κ1) is 58.7. The number of ketones is 1. The van der Waals surface area contributed by atoms with Crippen LogP contribution in [-0.4, -0.2) is 223 Å². The monoisotopic (exact) mass is 1080 g/mol. The highest BCUT2D eigenvalue weighted by molar-refractivity contribution is 7.80. The zero-order valence-electron chi connectivity index (χ0n) is 42.7. The zero-order chi connectivity index (χ0) is 54.1. The van der Waals surface area contributed by atoms with Gasteiger partial charge in [-0.25, -0.2) is 4.18 Å². The van der Waals surface area contributed by atoms with E-state index >= 15 is 0 Å². The lowest BCUT2D eigenvalue weighted by atomic mass is 9.47. The number of allylic oxidation sites excluding steroid dienone is 2. The first-order valence-electron chi connectivity index (χ1n) is 26.1. The van der Waals surface area contributed by atoms with Crippen LogP contribution in [0.4, 0.5) is 0 Å². The number of aliphatic hydroxyl groups is 11. The van der Waals surface area contributed by atoms with Gasteiger partial charge < -0.3 is 94.1 Å². The minimum Gasteiger partial charge on any atom is -0.394 e. The molecule has 27 atom stereocenters. The summed E-state index contributed by atoms with van der Waals surface area (Å²) in [7, 11) is -4.87. The van der Waals surface area contributed by atoms with Crippen molar-refractivity contribution in [2.24, 2.45) is 40.4 Å². The molecule has 24 nitrogen and oxygen atoms in total. The third-order valence-electron chi connectivity index (χ3n) is 17.9. The summed E-state index contributed by atoms with van der Waals surface area (Å²) in [5.41, 5.74) is -1.24. The lowest BCUT2D eigenvalue weighted by Gasteiger charge is -2.60. The van der Waals surface area contributed by atoms with E-state index in [1.165, 1.54) is 6.92 Å². The fourth-order valence-corrected chi connectivity index (χ4v) is 14.6. The second-order valence-corrected chi connectivity index (χ2v) is 24.5. The third kappa shape index (κ3) is 11.6. The summed E-state index contributed by atoms with van der Waals surface area (Å²) in [6.07, 6.45) is -26.3. The number of fused-ring (bicyclic) bond motifs is 5. The van der Waals surface area contributed by atoms with E-state index in [9.17, 15) is 73.9 Å². The molecule has 12 N–H and O–H groups in total. The first-order valence-corrected chi connectivity index (χ1v) is 27.4. The molecule has 7 fully saturated rings. The molecule has 0 aromatic rings. The Kier molecular flexibility index (Phi) is 17.9. The van der Waals surface area contributed by atoms with Gasteiger partial charge in [0.2, 0.25) is 0 Å². The van der Waals surface area contributed by atoms with Crippen LogP contribution >= 0.6 is 0 Å². The summed E-state index contributed by atoms with van der Waals surface area (Å²) in [6.45, 7) is 9.44. The maximum absolute atomic E-state index is 13.1. The molecule has 0 amide bonds. The van der Waals surface area contributed by atoms with Crippen LogP contribution in [0.1, 0.15) is 99.3 Å². The summed E-state index contributed by atoms with van der Waals surface area (Å²) >= 11 is 0. The van der Waals surface area contributed by atoms with Gasteiger partial charge in [0.1, 0.15) is 85.1 Å². The van der Waals surface area contributed by atoms with E-state index in [1.807, 2.05) is 13.8 Å².